The fraction of sp³-hybridized carbons (Fsp3) is 0.667. The van der Waals surface area contributed by atoms with Gasteiger partial charge in [-0.2, -0.15) is 5.26 Å². The topological polar surface area (TPSA) is 30.3 Å². The number of thiophene rings is 1. The van der Waals surface area contributed by atoms with Crippen LogP contribution in [0.25, 0.3) is 0 Å². The summed E-state index contributed by atoms with van der Waals surface area (Å²) in [7, 11) is 0. The Morgan fingerprint density at radius 3 is 2.42 bits per heavy atom. The van der Waals surface area contributed by atoms with Crippen molar-refractivity contribution in [1.29, 1.82) is 5.26 Å². The van der Waals surface area contributed by atoms with Crippen molar-refractivity contribution in [3.8, 4) is 6.07 Å². The molecule has 0 atom stereocenters. The largest absolute Gasteiger partial charge is 0.363 e. The Hall–Kier alpha value is -1.05. The zero-order valence-electron chi connectivity index (χ0n) is 11.3. The van der Waals surface area contributed by atoms with Crippen LogP contribution in [0.4, 0.5) is 5.00 Å². The molecule has 2 aliphatic heterocycles. The number of rotatable bonds is 2. The summed E-state index contributed by atoms with van der Waals surface area (Å²) in [5.74, 6) is 0. The highest BCUT2D eigenvalue weighted by Gasteiger charge is 2.26. The van der Waals surface area contributed by atoms with Crippen molar-refractivity contribution in [1.82, 2.24) is 4.90 Å². The van der Waals surface area contributed by atoms with Crippen molar-refractivity contribution in [2.24, 2.45) is 0 Å². The molecule has 0 aromatic carbocycles. The van der Waals surface area contributed by atoms with Crippen LogP contribution < -0.4 is 4.90 Å². The molecule has 1 aromatic heterocycles. The Bertz CT molecular complexity index is 448. The molecule has 0 spiro atoms. The van der Waals surface area contributed by atoms with Gasteiger partial charge in [0.25, 0.3) is 0 Å². The van der Waals surface area contributed by atoms with E-state index in [1.165, 1.54) is 50.2 Å². The maximum atomic E-state index is 8.90. The number of hydrogen-bond acceptors (Lipinski definition) is 4. The third-order valence-electron chi connectivity index (χ3n) is 4.39. The SMILES string of the molecule is N#Cc1ccc(N2CCC(N3CCCCC3)CC2)s1. The lowest BCUT2D eigenvalue weighted by atomic mass is 10.00. The molecule has 102 valence electrons. The summed E-state index contributed by atoms with van der Waals surface area (Å²) in [6, 6.07) is 7.07. The van der Waals surface area contributed by atoms with E-state index in [-0.39, 0.29) is 0 Å². The van der Waals surface area contributed by atoms with Gasteiger partial charge in [0.2, 0.25) is 0 Å². The maximum absolute atomic E-state index is 8.90. The molecule has 3 rings (SSSR count). The number of nitriles is 1. The van der Waals surface area contributed by atoms with E-state index in [0.717, 1.165) is 24.0 Å². The molecule has 2 fully saturated rings. The Balaban J connectivity index is 1.55. The van der Waals surface area contributed by atoms with E-state index in [4.69, 9.17) is 5.26 Å². The van der Waals surface area contributed by atoms with Gasteiger partial charge in [-0.15, -0.1) is 11.3 Å². The molecular formula is C15H21N3S. The second kappa shape index (κ2) is 5.94. The van der Waals surface area contributed by atoms with Gasteiger partial charge in [0.15, 0.2) is 0 Å². The number of anilines is 1. The van der Waals surface area contributed by atoms with E-state index in [9.17, 15) is 0 Å². The van der Waals surface area contributed by atoms with Crippen LogP contribution in [0, 0.1) is 11.3 Å². The predicted molar refractivity (Wildman–Crippen MR) is 79.7 cm³/mol. The third-order valence-corrected chi connectivity index (χ3v) is 5.44. The van der Waals surface area contributed by atoms with Crippen LogP contribution in [0.15, 0.2) is 12.1 Å². The van der Waals surface area contributed by atoms with Crippen molar-refractivity contribution in [2.75, 3.05) is 31.1 Å². The highest BCUT2D eigenvalue weighted by atomic mass is 32.1. The van der Waals surface area contributed by atoms with E-state index >= 15 is 0 Å². The molecular weight excluding hydrogens is 254 g/mol. The molecule has 2 aliphatic rings. The number of hydrogen-bond donors (Lipinski definition) is 0. The fourth-order valence-corrected chi connectivity index (χ4v) is 4.15. The molecule has 4 heteroatoms. The van der Waals surface area contributed by atoms with Gasteiger partial charge >= 0.3 is 0 Å². The number of piperidine rings is 2. The molecule has 0 amide bonds. The molecule has 3 heterocycles. The standard InChI is InChI=1S/C15H21N3S/c16-12-14-4-5-15(19-14)18-10-6-13(7-11-18)17-8-2-1-3-9-17/h4-5,13H,1-3,6-11H2. The van der Waals surface area contributed by atoms with Crippen molar-refractivity contribution in [3.63, 3.8) is 0 Å². The van der Waals surface area contributed by atoms with E-state index in [1.54, 1.807) is 11.3 Å². The summed E-state index contributed by atoms with van der Waals surface area (Å²) >= 11 is 1.63. The van der Waals surface area contributed by atoms with Crippen LogP contribution in [0.2, 0.25) is 0 Å². The third kappa shape index (κ3) is 2.93. The Morgan fingerprint density at radius 1 is 1.05 bits per heavy atom. The number of likely N-dealkylation sites (tertiary alicyclic amines) is 1. The molecule has 0 N–H and O–H groups in total. The summed E-state index contributed by atoms with van der Waals surface area (Å²) in [5, 5.41) is 10.2. The highest BCUT2D eigenvalue weighted by molar-refractivity contribution is 7.16. The molecule has 1 aromatic rings. The van der Waals surface area contributed by atoms with E-state index in [2.05, 4.69) is 21.9 Å². The van der Waals surface area contributed by atoms with Crippen LogP contribution in [-0.4, -0.2) is 37.1 Å². The summed E-state index contributed by atoms with van der Waals surface area (Å²) in [5.41, 5.74) is 0. The lowest BCUT2D eigenvalue weighted by Gasteiger charge is -2.40. The second-order valence-electron chi connectivity index (χ2n) is 5.56. The minimum absolute atomic E-state index is 0.798. The fourth-order valence-electron chi connectivity index (χ4n) is 3.29. The van der Waals surface area contributed by atoms with E-state index in [0.29, 0.717) is 0 Å². The summed E-state index contributed by atoms with van der Waals surface area (Å²) in [6.45, 7) is 4.91. The molecule has 0 radical (unpaired) electrons. The van der Waals surface area contributed by atoms with Crippen LogP contribution in [-0.2, 0) is 0 Å². The normalized spacial score (nSPS) is 22.4. The quantitative estimate of drug-likeness (QED) is 0.831. The lowest BCUT2D eigenvalue weighted by Crippen LogP contribution is -2.46. The van der Waals surface area contributed by atoms with Gasteiger partial charge in [0.05, 0.1) is 5.00 Å². The van der Waals surface area contributed by atoms with Crippen molar-refractivity contribution in [2.45, 2.75) is 38.1 Å². The average Bonchev–Trinajstić information content (AvgIpc) is 2.97. The van der Waals surface area contributed by atoms with Crippen molar-refractivity contribution < 1.29 is 0 Å². The van der Waals surface area contributed by atoms with Crippen LogP contribution in [0.3, 0.4) is 0 Å². The Kier molecular flexibility index (Phi) is 4.05. The molecule has 0 bridgehead atoms. The highest BCUT2D eigenvalue weighted by Crippen LogP contribution is 2.29. The van der Waals surface area contributed by atoms with Crippen LogP contribution in [0.5, 0.6) is 0 Å². The van der Waals surface area contributed by atoms with Gasteiger partial charge in [-0.3, -0.25) is 0 Å². The zero-order chi connectivity index (χ0) is 13.1. The minimum Gasteiger partial charge on any atom is -0.363 e. The molecule has 2 saturated heterocycles. The molecule has 19 heavy (non-hydrogen) atoms. The van der Waals surface area contributed by atoms with Gasteiger partial charge in [-0.1, -0.05) is 6.42 Å². The summed E-state index contributed by atoms with van der Waals surface area (Å²) < 4.78 is 0. The smallest absolute Gasteiger partial charge is 0.110 e. The lowest BCUT2D eigenvalue weighted by molar-refractivity contribution is 0.141. The molecule has 0 saturated carbocycles. The first-order valence-electron chi connectivity index (χ1n) is 7.36. The van der Waals surface area contributed by atoms with Gasteiger partial charge in [-0.25, -0.2) is 0 Å². The van der Waals surface area contributed by atoms with Gasteiger partial charge < -0.3 is 9.80 Å². The average molecular weight is 275 g/mol. The first-order valence-corrected chi connectivity index (χ1v) is 8.17. The minimum atomic E-state index is 0.798. The van der Waals surface area contributed by atoms with Crippen molar-refractivity contribution >= 4 is 16.3 Å². The van der Waals surface area contributed by atoms with Gasteiger partial charge in [-0.05, 0) is 50.9 Å². The summed E-state index contributed by atoms with van der Waals surface area (Å²) in [6.07, 6.45) is 6.74. The number of nitrogens with zero attached hydrogens (tertiary/aromatic N) is 3. The van der Waals surface area contributed by atoms with Gasteiger partial charge in [0.1, 0.15) is 10.9 Å². The van der Waals surface area contributed by atoms with Crippen LogP contribution in [0.1, 0.15) is 37.0 Å². The Morgan fingerprint density at radius 2 is 1.79 bits per heavy atom. The molecule has 0 unspecified atom stereocenters. The molecule has 0 aliphatic carbocycles. The first-order chi connectivity index (χ1) is 9.36. The van der Waals surface area contributed by atoms with Crippen LogP contribution >= 0.6 is 11.3 Å². The maximum Gasteiger partial charge on any atom is 0.110 e. The van der Waals surface area contributed by atoms with Gasteiger partial charge in [0, 0.05) is 19.1 Å². The zero-order valence-corrected chi connectivity index (χ0v) is 12.2. The first kappa shape index (κ1) is 13.0. The summed E-state index contributed by atoms with van der Waals surface area (Å²) in [4.78, 5) is 5.98. The predicted octanol–water partition coefficient (Wildman–Crippen LogP) is 3.07. The Labute approximate surface area is 119 Å². The van der Waals surface area contributed by atoms with E-state index < -0.39 is 0 Å². The van der Waals surface area contributed by atoms with E-state index in [1.807, 2.05) is 6.07 Å². The second-order valence-corrected chi connectivity index (χ2v) is 6.63. The monoisotopic (exact) mass is 275 g/mol. The van der Waals surface area contributed by atoms with Crippen molar-refractivity contribution in [3.05, 3.63) is 17.0 Å². The molecule has 3 nitrogen and oxygen atoms in total.